The fraction of sp³-hybridized carbons (Fsp3) is 0.556. The molecule has 0 atom stereocenters. The zero-order valence-corrected chi connectivity index (χ0v) is 9.17. The Balaban J connectivity index is 2.72. The van der Waals surface area contributed by atoms with Crippen LogP contribution in [-0.2, 0) is 0 Å². The Hall–Kier alpha value is -1.57. The number of nitrogens with zero attached hydrogens (tertiary/aromatic N) is 2. The summed E-state index contributed by atoms with van der Waals surface area (Å²) < 4.78 is 38.6. The molecule has 0 aliphatic carbocycles. The molecule has 0 aromatic carbocycles. The molecule has 8 heteroatoms. The van der Waals surface area contributed by atoms with Gasteiger partial charge >= 0.3 is 0 Å². The van der Waals surface area contributed by atoms with Crippen molar-refractivity contribution >= 4 is 11.8 Å². The summed E-state index contributed by atoms with van der Waals surface area (Å²) in [7, 11) is 0. The van der Waals surface area contributed by atoms with Crippen molar-refractivity contribution < 1.29 is 18.3 Å². The van der Waals surface area contributed by atoms with Crippen molar-refractivity contribution in [1.82, 2.24) is 9.97 Å². The van der Waals surface area contributed by atoms with Gasteiger partial charge in [-0.15, -0.1) is 0 Å². The van der Waals surface area contributed by atoms with Crippen LogP contribution in [0.4, 0.5) is 24.9 Å². The first-order valence-electron chi connectivity index (χ1n) is 4.97. The lowest BCUT2D eigenvalue weighted by Crippen LogP contribution is -2.31. The van der Waals surface area contributed by atoms with Crippen LogP contribution in [0, 0.1) is 5.82 Å². The fourth-order valence-corrected chi connectivity index (χ4v) is 1.00. The van der Waals surface area contributed by atoms with E-state index < -0.39 is 24.9 Å². The molecule has 0 fully saturated rings. The molecule has 0 unspecified atom stereocenters. The molecule has 5 nitrogen and oxygen atoms in total. The Morgan fingerprint density at radius 3 is 2.71 bits per heavy atom. The lowest BCUT2D eigenvalue weighted by Gasteiger charge is -2.15. The second-order valence-electron chi connectivity index (χ2n) is 3.29. The predicted molar refractivity (Wildman–Crippen MR) is 56.7 cm³/mol. The zero-order valence-electron chi connectivity index (χ0n) is 9.17. The first kappa shape index (κ1) is 13.5. The summed E-state index contributed by atoms with van der Waals surface area (Å²) in [5.74, 6) is -4.34. The molecule has 1 aromatic heterocycles. The molecule has 0 radical (unpaired) electrons. The van der Waals surface area contributed by atoms with Gasteiger partial charge in [0.15, 0.2) is 11.6 Å². The molecule has 96 valence electrons. The summed E-state index contributed by atoms with van der Waals surface area (Å²) in [4.78, 5) is 7.30. The normalized spacial score (nSPS) is 11.4. The maximum atomic E-state index is 13.2. The third-order valence-electron chi connectivity index (χ3n) is 1.82. The number of halogens is 3. The highest BCUT2D eigenvalue weighted by molar-refractivity contribution is 5.41. The van der Waals surface area contributed by atoms with Gasteiger partial charge in [-0.1, -0.05) is 0 Å². The summed E-state index contributed by atoms with van der Waals surface area (Å²) in [5, 5.41) is 13.2. The number of aliphatic hydroxyl groups is 1. The minimum Gasteiger partial charge on any atom is -0.390 e. The van der Waals surface area contributed by atoms with Crippen molar-refractivity contribution in [1.29, 1.82) is 0 Å². The molecule has 0 saturated carbocycles. The van der Waals surface area contributed by atoms with E-state index in [2.05, 4.69) is 20.6 Å². The molecule has 0 aliphatic heterocycles. The maximum absolute atomic E-state index is 13.2. The second kappa shape index (κ2) is 5.67. The number of aliphatic hydroxyl groups excluding tert-OH is 1. The third kappa shape index (κ3) is 4.06. The largest absolute Gasteiger partial charge is 0.390 e. The van der Waals surface area contributed by atoms with Crippen LogP contribution in [0.2, 0.25) is 0 Å². The van der Waals surface area contributed by atoms with Crippen LogP contribution in [0.1, 0.15) is 6.92 Å². The molecule has 3 N–H and O–H groups in total. The molecule has 0 bridgehead atoms. The minimum atomic E-state index is -3.32. The molecule has 1 aromatic rings. The topological polar surface area (TPSA) is 70.1 Å². The van der Waals surface area contributed by atoms with E-state index >= 15 is 0 Å². The van der Waals surface area contributed by atoms with Gasteiger partial charge in [0.2, 0.25) is 5.95 Å². The van der Waals surface area contributed by atoms with Crippen LogP contribution >= 0.6 is 0 Å². The lowest BCUT2D eigenvalue weighted by atomic mass is 10.3. The van der Waals surface area contributed by atoms with E-state index in [-0.39, 0.29) is 11.8 Å². The number of anilines is 2. The van der Waals surface area contributed by atoms with E-state index in [0.717, 1.165) is 6.20 Å². The van der Waals surface area contributed by atoms with Crippen LogP contribution in [0.15, 0.2) is 6.20 Å². The summed E-state index contributed by atoms with van der Waals surface area (Å²) in [6, 6.07) is 0. The Labute approximate surface area is 96.1 Å². The SMILES string of the molecule is CCNc1ncc(F)c(NCC(F)(F)CO)n1. The fourth-order valence-electron chi connectivity index (χ4n) is 1.00. The van der Waals surface area contributed by atoms with Crippen molar-refractivity contribution in [2.45, 2.75) is 12.8 Å². The number of hydrogen-bond donors (Lipinski definition) is 3. The van der Waals surface area contributed by atoms with Gasteiger partial charge in [0.25, 0.3) is 5.92 Å². The Morgan fingerprint density at radius 2 is 2.12 bits per heavy atom. The monoisotopic (exact) mass is 250 g/mol. The first-order chi connectivity index (χ1) is 7.98. The van der Waals surface area contributed by atoms with Crippen LogP contribution in [-0.4, -0.2) is 40.7 Å². The van der Waals surface area contributed by atoms with Crippen molar-refractivity contribution in [3.05, 3.63) is 12.0 Å². The van der Waals surface area contributed by atoms with Gasteiger partial charge in [0, 0.05) is 6.54 Å². The number of rotatable bonds is 6. The highest BCUT2D eigenvalue weighted by Gasteiger charge is 2.27. The van der Waals surface area contributed by atoms with Crippen molar-refractivity contribution in [3.63, 3.8) is 0 Å². The number of alkyl halides is 2. The molecule has 0 saturated heterocycles. The van der Waals surface area contributed by atoms with Crippen molar-refractivity contribution in [2.24, 2.45) is 0 Å². The van der Waals surface area contributed by atoms with E-state index in [4.69, 9.17) is 5.11 Å². The van der Waals surface area contributed by atoms with E-state index in [1.807, 2.05) is 0 Å². The number of hydrogen-bond acceptors (Lipinski definition) is 5. The summed E-state index contributed by atoms with van der Waals surface area (Å²) in [6.45, 7) is 0.105. The zero-order chi connectivity index (χ0) is 12.9. The summed E-state index contributed by atoms with van der Waals surface area (Å²) >= 11 is 0. The molecule has 17 heavy (non-hydrogen) atoms. The average Bonchev–Trinajstić information content (AvgIpc) is 2.30. The van der Waals surface area contributed by atoms with Gasteiger partial charge in [-0.2, -0.15) is 4.98 Å². The molecular formula is C9H13F3N4O. The summed E-state index contributed by atoms with van der Waals surface area (Å²) in [5.41, 5.74) is 0. The Morgan fingerprint density at radius 1 is 1.41 bits per heavy atom. The van der Waals surface area contributed by atoms with Gasteiger partial charge < -0.3 is 15.7 Å². The second-order valence-corrected chi connectivity index (χ2v) is 3.29. The third-order valence-corrected chi connectivity index (χ3v) is 1.82. The van der Waals surface area contributed by atoms with Gasteiger partial charge in [-0.3, -0.25) is 0 Å². The first-order valence-corrected chi connectivity index (χ1v) is 4.97. The van der Waals surface area contributed by atoms with E-state index in [0.29, 0.717) is 6.54 Å². The smallest absolute Gasteiger partial charge is 0.287 e. The quantitative estimate of drug-likeness (QED) is 0.705. The average molecular weight is 250 g/mol. The highest BCUT2D eigenvalue weighted by atomic mass is 19.3. The molecule has 0 amide bonds. The predicted octanol–water partition coefficient (Wildman–Crippen LogP) is 1.09. The lowest BCUT2D eigenvalue weighted by molar-refractivity contribution is -0.0373. The number of nitrogens with one attached hydrogen (secondary N) is 2. The van der Waals surface area contributed by atoms with E-state index in [1.54, 1.807) is 6.92 Å². The van der Waals surface area contributed by atoms with Gasteiger partial charge in [-0.05, 0) is 6.92 Å². The van der Waals surface area contributed by atoms with Crippen LogP contribution in [0.25, 0.3) is 0 Å². The molecule has 0 spiro atoms. The molecule has 1 heterocycles. The van der Waals surface area contributed by atoms with Crippen LogP contribution < -0.4 is 10.6 Å². The van der Waals surface area contributed by atoms with Gasteiger partial charge in [0.05, 0.1) is 12.7 Å². The minimum absolute atomic E-state index is 0.142. The van der Waals surface area contributed by atoms with Crippen LogP contribution in [0.3, 0.4) is 0 Å². The van der Waals surface area contributed by atoms with E-state index in [9.17, 15) is 13.2 Å². The van der Waals surface area contributed by atoms with E-state index in [1.165, 1.54) is 0 Å². The number of aromatic nitrogens is 2. The van der Waals surface area contributed by atoms with Crippen molar-refractivity contribution in [3.8, 4) is 0 Å². The molecular weight excluding hydrogens is 237 g/mol. The van der Waals surface area contributed by atoms with Crippen molar-refractivity contribution in [2.75, 3.05) is 30.3 Å². The van der Waals surface area contributed by atoms with Crippen LogP contribution in [0.5, 0.6) is 0 Å². The Bertz CT molecular complexity index is 375. The van der Waals surface area contributed by atoms with Gasteiger partial charge in [0.1, 0.15) is 6.61 Å². The molecule has 1 rings (SSSR count). The Kier molecular flexibility index (Phi) is 4.50. The maximum Gasteiger partial charge on any atom is 0.287 e. The summed E-state index contributed by atoms with van der Waals surface area (Å²) in [6.07, 6.45) is 0.879. The standard InChI is InChI=1S/C9H13F3N4O/c1-2-13-8-14-3-6(10)7(16-8)15-4-9(11,12)5-17/h3,17H,2,4-5H2,1H3,(H2,13,14,15,16). The highest BCUT2D eigenvalue weighted by Crippen LogP contribution is 2.16. The van der Waals surface area contributed by atoms with Gasteiger partial charge in [-0.25, -0.2) is 18.2 Å². The molecule has 0 aliphatic rings.